The van der Waals surface area contributed by atoms with Crippen LogP contribution in [0.25, 0.3) is 0 Å². The highest BCUT2D eigenvalue weighted by Gasteiger charge is 2.27. The van der Waals surface area contributed by atoms with Crippen molar-refractivity contribution in [3.8, 4) is 0 Å². The number of guanidine groups is 1. The molecule has 0 saturated carbocycles. The Labute approximate surface area is 181 Å². The third-order valence-corrected chi connectivity index (χ3v) is 4.97. The molecule has 1 aromatic rings. The SMILES string of the molecule is CCNC(=NCC(CC)c1ccccc1)N1CCC(C(=O)OCC)CC1.I. The molecule has 5 nitrogen and oxygen atoms in total. The molecule has 6 heteroatoms. The quantitative estimate of drug-likeness (QED) is 0.273. The van der Waals surface area contributed by atoms with Crippen molar-refractivity contribution in [2.45, 2.75) is 46.0 Å². The minimum absolute atomic E-state index is 0. The van der Waals surface area contributed by atoms with Crippen molar-refractivity contribution in [2.24, 2.45) is 10.9 Å². The summed E-state index contributed by atoms with van der Waals surface area (Å²) in [5.41, 5.74) is 1.34. The monoisotopic (exact) mass is 487 g/mol. The Bertz CT molecular complexity index is 572. The zero-order valence-electron chi connectivity index (χ0n) is 16.8. The minimum Gasteiger partial charge on any atom is -0.466 e. The molecule has 1 aromatic carbocycles. The van der Waals surface area contributed by atoms with E-state index < -0.39 is 0 Å². The van der Waals surface area contributed by atoms with Gasteiger partial charge in [0.1, 0.15) is 0 Å². The fourth-order valence-corrected chi connectivity index (χ4v) is 3.40. The first kappa shape index (κ1) is 23.7. The molecule has 0 spiro atoms. The molecule has 27 heavy (non-hydrogen) atoms. The molecular weight excluding hydrogens is 453 g/mol. The third kappa shape index (κ3) is 7.31. The van der Waals surface area contributed by atoms with Crippen molar-refractivity contribution in [3.05, 3.63) is 35.9 Å². The van der Waals surface area contributed by atoms with Crippen LogP contribution in [0.3, 0.4) is 0 Å². The van der Waals surface area contributed by atoms with Gasteiger partial charge in [0, 0.05) is 32.1 Å². The Kier molecular flexibility index (Phi) is 11.4. The van der Waals surface area contributed by atoms with Crippen molar-refractivity contribution in [1.82, 2.24) is 10.2 Å². The zero-order valence-corrected chi connectivity index (χ0v) is 19.1. The van der Waals surface area contributed by atoms with Gasteiger partial charge in [-0.15, -0.1) is 24.0 Å². The lowest BCUT2D eigenvalue weighted by Crippen LogP contribution is -2.46. The first-order chi connectivity index (χ1) is 12.7. The molecule has 152 valence electrons. The van der Waals surface area contributed by atoms with E-state index in [4.69, 9.17) is 9.73 Å². The Morgan fingerprint density at radius 3 is 2.44 bits per heavy atom. The van der Waals surface area contributed by atoms with Gasteiger partial charge in [-0.05, 0) is 38.7 Å². The predicted octanol–water partition coefficient (Wildman–Crippen LogP) is 4.04. The minimum atomic E-state index is -0.0517. The molecule has 2 rings (SSSR count). The molecule has 1 aliphatic heterocycles. The first-order valence-electron chi connectivity index (χ1n) is 9.94. The van der Waals surface area contributed by atoms with E-state index in [0.717, 1.165) is 51.4 Å². The number of esters is 1. The topological polar surface area (TPSA) is 53.9 Å². The summed E-state index contributed by atoms with van der Waals surface area (Å²) in [6.07, 6.45) is 2.73. The van der Waals surface area contributed by atoms with Crippen LogP contribution in [0.1, 0.15) is 51.5 Å². The molecule has 0 radical (unpaired) electrons. The first-order valence-corrected chi connectivity index (χ1v) is 9.94. The Balaban J connectivity index is 0.00000364. The number of rotatable bonds is 7. The largest absolute Gasteiger partial charge is 0.466 e. The molecule has 1 saturated heterocycles. The number of hydrogen-bond acceptors (Lipinski definition) is 3. The van der Waals surface area contributed by atoms with Crippen LogP contribution in [-0.2, 0) is 9.53 Å². The summed E-state index contributed by atoms with van der Waals surface area (Å²) in [4.78, 5) is 19.1. The summed E-state index contributed by atoms with van der Waals surface area (Å²) in [5.74, 6) is 1.37. The second kappa shape index (κ2) is 13.0. The van der Waals surface area contributed by atoms with E-state index in [0.29, 0.717) is 12.5 Å². The van der Waals surface area contributed by atoms with E-state index >= 15 is 0 Å². The van der Waals surface area contributed by atoms with Crippen molar-refractivity contribution < 1.29 is 9.53 Å². The highest BCUT2D eigenvalue weighted by atomic mass is 127. The molecule has 0 aliphatic carbocycles. The van der Waals surface area contributed by atoms with Crippen molar-refractivity contribution >= 4 is 35.9 Å². The van der Waals surface area contributed by atoms with E-state index in [1.165, 1.54) is 5.56 Å². The molecule has 0 bridgehead atoms. The van der Waals surface area contributed by atoms with Crippen LogP contribution >= 0.6 is 24.0 Å². The summed E-state index contributed by atoms with van der Waals surface area (Å²) in [7, 11) is 0. The lowest BCUT2D eigenvalue weighted by molar-refractivity contribution is -0.149. The van der Waals surface area contributed by atoms with Crippen molar-refractivity contribution in [1.29, 1.82) is 0 Å². The second-order valence-electron chi connectivity index (χ2n) is 6.72. The number of piperidine rings is 1. The standard InChI is InChI=1S/C21H33N3O2.HI/c1-4-17(18-10-8-7-9-11-18)16-23-21(22-5-2)24-14-12-19(13-15-24)20(25)26-6-3;/h7-11,17,19H,4-6,12-16H2,1-3H3,(H,22,23);1H. The Morgan fingerprint density at radius 2 is 1.89 bits per heavy atom. The summed E-state index contributed by atoms with van der Waals surface area (Å²) >= 11 is 0. The Hall–Kier alpha value is -1.31. The number of aliphatic imine (C=N–C) groups is 1. The van der Waals surface area contributed by atoms with E-state index in [1.54, 1.807) is 0 Å². The van der Waals surface area contributed by atoms with Gasteiger partial charge in [-0.25, -0.2) is 0 Å². The highest BCUT2D eigenvalue weighted by Crippen LogP contribution is 2.21. The van der Waals surface area contributed by atoms with E-state index in [9.17, 15) is 4.79 Å². The number of likely N-dealkylation sites (tertiary alicyclic amines) is 1. The van der Waals surface area contributed by atoms with Gasteiger partial charge < -0.3 is 15.0 Å². The number of benzene rings is 1. The molecular formula is C21H34IN3O2. The molecule has 1 fully saturated rings. The fourth-order valence-electron chi connectivity index (χ4n) is 3.40. The molecule has 0 aromatic heterocycles. The molecule has 1 atom stereocenters. The van der Waals surface area contributed by atoms with Crippen LogP contribution in [0.5, 0.6) is 0 Å². The van der Waals surface area contributed by atoms with Crippen molar-refractivity contribution in [3.63, 3.8) is 0 Å². The van der Waals surface area contributed by atoms with Gasteiger partial charge in [-0.1, -0.05) is 37.3 Å². The molecule has 1 N–H and O–H groups in total. The summed E-state index contributed by atoms with van der Waals surface area (Å²) in [5, 5.41) is 3.41. The highest BCUT2D eigenvalue weighted by molar-refractivity contribution is 14.0. The summed E-state index contributed by atoms with van der Waals surface area (Å²) < 4.78 is 5.16. The number of carbonyl (C=O) groups excluding carboxylic acids is 1. The number of nitrogens with zero attached hydrogens (tertiary/aromatic N) is 2. The van der Waals surface area contributed by atoms with Crippen LogP contribution in [0.15, 0.2) is 35.3 Å². The Morgan fingerprint density at radius 1 is 1.22 bits per heavy atom. The lowest BCUT2D eigenvalue weighted by atomic mass is 9.96. The van der Waals surface area contributed by atoms with Gasteiger partial charge in [0.15, 0.2) is 5.96 Å². The van der Waals surface area contributed by atoms with Gasteiger partial charge in [-0.2, -0.15) is 0 Å². The second-order valence-corrected chi connectivity index (χ2v) is 6.72. The summed E-state index contributed by atoms with van der Waals surface area (Å²) in [6.45, 7) is 9.94. The molecule has 0 amide bonds. The van der Waals surface area contributed by atoms with E-state index in [-0.39, 0.29) is 35.9 Å². The van der Waals surface area contributed by atoms with E-state index in [1.807, 2.05) is 6.92 Å². The average Bonchev–Trinajstić information content (AvgIpc) is 2.69. The molecule has 1 unspecified atom stereocenters. The number of nitrogens with one attached hydrogen (secondary N) is 1. The summed E-state index contributed by atoms with van der Waals surface area (Å²) in [6, 6.07) is 10.6. The molecule has 1 aliphatic rings. The lowest BCUT2D eigenvalue weighted by Gasteiger charge is -2.33. The predicted molar refractivity (Wildman–Crippen MR) is 122 cm³/mol. The van der Waals surface area contributed by atoms with Crippen LogP contribution in [0, 0.1) is 5.92 Å². The average molecular weight is 487 g/mol. The normalized spacial score (nSPS) is 16.4. The number of halogens is 1. The van der Waals surface area contributed by atoms with Crippen molar-refractivity contribution in [2.75, 3.05) is 32.8 Å². The van der Waals surface area contributed by atoms with E-state index in [2.05, 4.69) is 54.4 Å². The van der Waals surface area contributed by atoms with Crippen LogP contribution < -0.4 is 5.32 Å². The van der Waals surface area contributed by atoms with Gasteiger partial charge >= 0.3 is 5.97 Å². The van der Waals surface area contributed by atoms with Gasteiger partial charge in [-0.3, -0.25) is 9.79 Å². The molecule has 1 heterocycles. The van der Waals surface area contributed by atoms with Crippen LogP contribution in [0.4, 0.5) is 0 Å². The number of ether oxygens (including phenoxy) is 1. The zero-order chi connectivity index (χ0) is 18.8. The van der Waals surface area contributed by atoms with Gasteiger partial charge in [0.25, 0.3) is 0 Å². The smallest absolute Gasteiger partial charge is 0.309 e. The van der Waals surface area contributed by atoms with Crippen LogP contribution in [0.2, 0.25) is 0 Å². The maximum absolute atomic E-state index is 11.9. The third-order valence-electron chi connectivity index (χ3n) is 4.97. The van der Waals surface area contributed by atoms with Gasteiger partial charge in [0.2, 0.25) is 0 Å². The maximum Gasteiger partial charge on any atom is 0.309 e. The maximum atomic E-state index is 11.9. The number of hydrogen-bond donors (Lipinski definition) is 1. The fraction of sp³-hybridized carbons (Fsp3) is 0.619. The van der Waals surface area contributed by atoms with Gasteiger partial charge in [0.05, 0.1) is 12.5 Å². The van der Waals surface area contributed by atoms with Crippen LogP contribution in [-0.4, -0.2) is 49.6 Å². The number of carbonyl (C=O) groups is 1.